The molecule has 1 saturated heterocycles. The second-order valence-corrected chi connectivity index (χ2v) is 9.43. The van der Waals surface area contributed by atoms with Crippen LogP contribution in [0.5, 0.6) is 0 Å². The zero-order chi connectivity index (χ0) is 26.6. The maximum atomic E-state index is 13.0. The van der Waals surface area contributed by atoms with E-state index in [2.05, 4.69) is 15.3 Å². The Balaban J connectivity index is 1.31. The molecule has 1 unspecified atom stereocenters. The van der Waals surface area contributed by atoms with Gasteiger partial charge in [-0.15, -0.1) is 0 Å². The quantitative estimate of drug-likeness (QED) is 0.310. The number of amides is 3. The first kappa shape index (κ1) is 25.0. The van der Waals surface area contributed by atoms with Crippen molar-refractivity contribution in [2.24, 2.45) is 5.73 Å². The van der Waals surface area contributed by atoms with Crippen molar-refractivity contribution in [3.63, 3.8) is 0 Å². The molecule has 1 atom stereocenters. The van der Waals surface area contributed by atoms with E-state index in [0.717, 1.165) is 47.2 Å². The van der Waals surface area contributed by atoms with E-state index in [4.69, 9.17) is 5.73 Å². The first-order chi connectivity index (χ1) is 18.4. The molecule has 1 aliphatic heterocycles. The van der Waals surface area contributed by atoms with Crippen molar-refractivity contribution in [1.82, 2.24) is 9.97 Å². The summed E-state index contributed by atoms with van der Waals surface area (Å²) in [6, 6.07) is 20.4. The Hall–Kier alpha value is -4.72. The fraction of sp³-hybridized carbons (Fsp3) is 0.200. The molecule has 5 rings (SSSR count). The lowest BCUT2D eigenvalue weighted by Gasteiger charge is -2.27. The average molecular weight is 508 g/mol. The third kappa shape index (κ3) is 5.20. The van der Waals surface area contributed by atoms with E-state index < -0.39 is 11.8 Å². The standard InChI is InChI=1S/C30H29N5O3/c1-19(20-10-12-23(13-11-20)35-16-6-5-9-27(35)36)30(38)34-26-15-14-24-22(18-32-29(24)33-26)17-25(28(31)37)21-7-3-2-4-8-21/h2-4,7-8,10-15,17-19H,5-6,9,16H2,1H3,(H2,31,37)(H2,32,33,34,38)/b25-17+. The highest BCUT2D eigenvalue weighted by molar-refractivity contribution is 6.24. The molecule has 0 aliphatic carbocycles. The van der Waals surface area contributed by atoms with Gasteiger partial charge in [0.15, 0.2) is 0 Å². The zero-order valence-corrected chi connectivity index (χ0v) is 21.1. The molecule has 38 heavy (non-hydrogen) atoms. The average Bonchev–Trinajstić information content (AvgIpc) is 3.34. The Morgan fingerprint density at radius 3 is 2.53 bits per heavy atom. The molecule has 0 bridgehead atoms. The second kappa shape index (κ2) is 10.7. The summed E-state index contributed by atoms with van der Waals surface area (Å²) in [5.74, 6) is -0.562. The number of benzene rings is 2. The number of nitrogens with two attached hydrogens (primary N) is 1. The monoisotopic (exact) mass is 507 g/mol. The number of hydrogen-bond donors (Lipinski definition) is 3. The van der Waals surface area contributed by atoms with E-state index in [1.54, 1.807) is 18.3 Å². The van der Waals surface area contributed by atoms with Crippen LogP contribution in [0.25, 0.3) is 22.7 Å². The number of H-pyrrole nitrogens is 1. The molecule has 0 spiro atoms. The number of hydrogen-bond acceptors (Lipinski definition) is 4. The minimum absolute atomic E-state index is 0.144. The van der Waals surface area contributed by atoms with Gasteiger partial charge >= 0.3 is 0 Å². The molecule has 4 aromatic rings. The van der Waals surface area contributed by atoms with Gasteiger partial charge in [-0.3, -0.25) is 14.4 Å². The largest absolute Gasteiger partial charge is 0.366 e. The lowest BCUT2D eigenvalue weighted by molar-refractivity contribution is -0.119. The molecule has 3 amide bonds. The molecule has 192 valence electrons. The van der Waals surface area contributed by atoms with Crippen molar-refractivity contribution >= 4 is 51.9 Å². The van der Waals surface area contributed by atoms with Crippen LogP contribution in [0.2, 0.25) is 0 Å². The molecule has 0 saturated carbocycles. The summed E-state index contributed by atoms with van der Waals surface area (Å²) in [4.78, 5) is 46.7. The number of anilines is 2. The van der Waals surface area contributed by atoms with E-state index in [1.165, 1.54) is 0 Å². The van der Waals surface area contributed by atoms with E-state index >= 15 is 0 Å². The van der Waals surface area contributed by atoms with Gasteiger partial charge in [0.2, 0.25) is 17.7 Å². The number of fused-ring (bicyclic) bond motifs is 1. The first-order valence-electron chi connectivity index (χ1n) is 12.7. The topological polar surface area (TPSA) is 121 Å². The summed E-state index contributed by atoms with van der Waals surface area (Å²) < 4.78 is 0. The molecule has 8 heteroatoms. The van der Waals surface area contributed by atoms with Crippen molar-refractivity contribution < 1.29 is 14.4 Å². The summed E-state index contributed by atoms with van der Waals surface area (Å²) in [6.07, 6.45) is 6.01. The molecular weight excluding hydrogens is 478 g/mol. The predicted molar refractivity (Wildman–Crippen MR) is 149 cm³/mol. The van der Waals surface area contributed by atoms with Gasteiger partial charge < -0.3 is 20.9 Å². The molecule has 1 fully saturated rings. The van der Waals surface area contributed by atoms with Crippen LogP contribution >= 0.6 is 0 Å². The summed E-state index contributed by atoms with van der Waals surface area (Å²) in [7, 11) is 0. The van der Waals surface area contributed by atoms with Crippen LogP contribution in [0.15, 0.2) is 72.9 Å². The van der Waals surface area contributed by atoms with Crippen molar-refractivity contribution in [2.45, 2.75) is 32.1 Å². The smallest absolute Gasteiger partial charge is 0.249 e. The lowest BCUT2D eigenvalue weighted by Crippen LogP contribution is -2.35. The Morgan fingerprint density at radius 1 is 1.05 bits per heavy atom. The number of carbonyl (C=O) groups is 3. The van der Waals surface area contributed by atoms with Crippen LogP contribution in [0, 0.1) is 0 Å². The number of aromatic nitrogens is 2. The van der Waals surface area contributed by atoms with Crippen LogP contribution in [-0.4, -0.2) is 34.2 Å². The highest BCUT2D eigenvalue weighted by Gasteiger charge is 2.21. The molecule has 2 aromatic heterocycles. The maximum Gasteiger partial charge on any atom is 0.249 e. The van der Waals surface area contributed by atoms with E-state index in [0.29, 0.717) is 23.5 Å². The van der Waals surface area contributed by atoms with Crippen molar-refractivity contribution in [3.8, 4) is 0 Å². The van der Waals surface area contributed by atoms with Crippen LogP contribution < -0.4 is 16.0 Å². The molecule has 4 N–H and O–H groups in total. The van der Waals surface area contributed by atoms with Crippen LogP contribution in [0.1, 0.15) is 48.8 Å². The molecule has 3 heterocycles. The Bertz CT molecular complexity index is 1520. The molecule has 8 nitrogen and oxygen atoms in total. The number of carbonyl (C=O) groups excluding carboxylic acids is 3. The normalized spacial score (nSPS) is 14.9. The molecule has 1 aliphatic rings. The van der Waals surface area contributed by atoms with E-state index in [1.807, 2.05) is 72.5 Å². The van der Waals surface area contributed by atoms with Gasteiger partial charge in [0.25, 0.3) is 0 Å². The van der Waals surface area contributed by atoms with E-state index in [-0.39, 0.29) is 11.8 Å². The number of piperidine rings is 1. The number of pyridine rings is 1. The maximum absolute atomic E-state index is 13.0. The number of aromatic amines is 1. The van der Waals surface area contributed by atoms with Crippen LogP contribution in [0.4, 0.5) is 11.5 Å². The third-order valence-corrected chi connectivity index (χ3v) is 6.89. The molecule has 2 aromatic carbocycles. The molecular formula is C30H29N5O3. The van der Waals surface area contributed by atoms with Gasteiger partial charge in [0.1, 0.15) is 11.5 Å². The van der Waals surface area contributed by atoms with E-state index in [9.17, 15) is 14.4 Å². The van der Waals surface area contributed by atoms with Crippen LogP contribution in [-0.2, 0) is 14.4 Å². The van der Waals surface area contributed by atoms with Gasteiger partial charge in [-0.2, -0.15) is 0 Å². The lowest BCUT2D eigenvalue weighted by atomic mass is 9.99. The highest BCUT2D eigenvalue weighted by Crippen LogP contribution is 2.27. The highest BCUT2D eigenvalue weighted by atomic mass is 16.2. The Kier molecular flexibility index (Phi) is 7.04. The first-order valence-corrected chi connectivity index (χ1v) is 12.7. The minimum Gasteiger partial charge on any atom is -0.366 e. The van der Waals surface area contributed by atoms with Gasteiger partial charge in [-0.1, -0.05) is 42.5 Å². The minimum atomic E-state index is -0.521. The van der Waals surface area contributed by atoms with Gasteiger partial charge in [0.05, 0.1) is 5.92 Å². The Morgan fingerprint density at radius 2 is 1.82 bits per heavy atom. The summed E-state index contributed by atoms with van der Waals surface area (Å²) >= 11 is 0. The zero-order valence-electron chi connectivity index (χ0n) is 21.1. The Labute approximate surface area is 220 Å². The number of nitrogens with zero attached hydrogens (tertiary/aromatic N) is 2. The van der Waals surface area contributed by atoms with Crippen molar-refractivity contribution in [1.29, 1.82) is 0 Å². The van der Waals surface area contributed by atoms with Gasteiger partial charge in [0, 0.05) is 41.4 Å². The number of rotatable bonds is 7. The summed E-state index contributed by atoms with van der Waals surface area (Å²) in [6.45, 7) is 2.57. The third-order valence-electron chi connectivity index (χ3n) is 6.89. The van der Waals surface area contributed by atoms with Gasteiger partial charge in [-0.25, -0.2) is 4.98 Å². The van der Waals surface area contributed by atoms with Crippen molar-refractivity contribution in [2.75, 3.05) is 16.8 Å². The van der Waals surface area contributed by atoms with Crippen molar-refractivity contribution in [3.05, 3.63) is 89.6 Å². The summed E-state index contributed by atoms with van der Waals surface area (Å²) in [5, 5.41) is 3.69. The number of primary amides is 1. The number of nitrogens with one attached hydrogen (secondary N) is 2. The fourth-order valence-electron chi connectivity index (χ4n) is 4.69. The summed E-state index contributed by atoms with van der Waals surface area (Å²) in [5.41, 5.74) is 9.83. The fourth-order valence-corrected chi connectivity index (χ4v) is 4.69. The molecule has 0 radical (unpaired) electrons. The van der Waals surface area contributed by atoms with Gasteiger partial charge in [-0.05, 0) is 61.2 Å². The predicted octanol–water partition coefficient (Wildman–Crippen LogP) is 4.85. The second-order valence-electron chi connectivity index (χ2n) is 9.43. The van der Waals surface area contributed by atoms with Crippen LogP contribution in [0.3, 0.4) is 0 Å². The SMILES string of the molecule is CC(C(=O)Nc1ccc2c(/C=C(/C(N)=O)c3ccccc3)c[nH]c2n1)c1ccc(N2CCCCC2=O)cc1.